The van der Waals surface area contributed by atoms with Crippen molar-refractivity contribution in [3.05, 3.63) is 0 Å². The average Bonchev–Trinajstić information content (AvgIpc) is 2.55. The number of amides is 1. The molecule has 0 bridgehead atoms. The zero-order valence-electron chi connectivity index (χ0n) is 8.30. The van der Waals surface area contributed by atoms with Gasteiger partial charge < -0.3 is 4.84 Å². The third-order valence-electron chi connectivity index (χ3n) is 1.92. The first-order valence-corrected chi connectivity index (χ1v) is 4.33. The summed E-state index contributed by atoms with van der Waals surface area (Å²) < 4.78 is 0. The van der Waals surface area contributed by atoms with Crippen LogP contribution in [0.15, 0.2) is 10.2 Å². The Labute approximate surface area is 86.1 Å². The van der Waals surface area contributed by atoms with Crippen molar-refractivity contribution in [2.24, 2.45) is 16.1 Å². The molecule has 0 aromatic heterocycles. The van der Waals surface area contributed by atoms with Gasteiger partial charge in [-0.15, -0.1) is 0 Å². The molecule has 0 spiro atoms. The summed E-state index contributed by atoms with van der Waals surface area (Å²) in [6.45, 7) is 2.89. The van der Waals surface area contributed by atoms with Gasteiger partial charge in [-0.3, -0.25) is 4.79 Å². The fraction of sp³-hybridized carbons (Fsp3) is 0.625. The Hall–Kier alpha value is -1.97. The van der Waals surface area contributed by atoms with E-state index in [2.05, 4.69) is 15.1 Å². The Morgan fingerprint density at radius 1 is 1.47 bits per heavy atom. The molecule has 1 N–H and O–H groups in total. The molecule has 80 valence electrons. The van der Waals surface area contributed by atoms with Gasteiger partial charge in [0.25, 0.3) is 0 Å². The predicted molar refractivity (Wildman–Crippen MR) is 47.1 cm³/mol. The van der Waals surface area contributed by atoms with Crippen molar-refractivity contribution in [3.8, 4) is 6.07 Å². The van der Waals surface area contributed by atoms with Crippen molar-refractivity contribution >= 4 is 11.9 Å². The second-order valence-electron chi connectivity index (χ2n) is 3.15. The standard InChI is InChI=1S/C8H10N4O3/c1-4-6(3-9)7(11-10-4)8(14)15-12-5(2)13/h4,6-7H,1-2H3,(H,12,13)/t4-,6+,7+/m0/s1. The lowest BCUT2D eigenvalue weighted by molar-refractivity contribution is -0.159. The molecule has 0 fully saturated rings. The fourth-order valence-corrected chi connectivity index (χ4v) is 1.14. The molecule has 0 aromatic carbocycles. The quantitative estimate of drug-likeness (QED) is 0.612. The third kappa shape index (κ3) is 2.49. The Morgan fingerprint density at radius 3 is 2.67 bits per heavy atom. The van der Waals surface area contributed by atoms with Crippen LogP contribution in [0.5, 0.6) is 0 Å². The molecule has 1 aliphatic heterocycles. The highest BCUT2D eigenvalue weighted by Crippen LogP contribution is 2.23. The van der Waals surface area contributed by atoms with Crippen LogP contribution >= 0.6 is 0 Å². The lowest BCUT2D eigenvalue weighted by Gasteiger charge is -2.10. The lowest BCUT2D eigenvalue weighted by atomic mass is 9.97. The summed E-state index contributed by atoms with van der Waals surface area (Å²) in [4.78, 5) is 26.2. The largest absolute Gasteiger partial charge is 0.359 e. The van der Waals surface area contributed by atoms with Crippen molar-refractivity contribution in [2.75, 3.05) is 0 Å². The van der Waals surface area contributed by atoms with Crippen LogP contribution in [0.1, 0.15) is 13.8 Å². The molecule has 7 nitrogen and oxygen atoms in total. The van der Waals surface area contributed by atoms with Crippen LogP contribution < -0.4 is 5.48 Å². The molecule has 7 heteroatoms. The molecule has 0 aromatic rings. The van der Waals surface area contributed by atoms with E-state index < -0.39 is 23.8 Å². The van der Waals surface area contributed by atoms with Gasteiger partial charge in [0.05, 0.1) is 12.1 Å². The van der Waals surface area contributed by atoms with Crippen LogP contribution in [-0.4, -0.2) is 24.0 Å². The van der Waals surface area contributed by atoms with Crippen LogP contribution in [0.2, 0.25) is 0 Å². The Morgan fingerprint density at radius 2 is 2.13 bits per heavy atom. The molecule has 0 aliphatic carbocycles. The number of nitriles is 1. The van der Waals surface area contributed by atoms with Crippen molar-refractivity contribution in [1.29, 1.82) is 5.26 Å². The summed E-state index contributed by atoms with van der Waals surface area (Å²) in [5.74, 6) is -1.91. The highest BCUT2D eigenvalue weighted by Gasteiger charge is 2.39. The number of hydrogen-bond acceptors (Lipinski definition) is 6. The Bertz CT molecular complexity index is 346. The average molecular weight is 210 g/mol. The highest BCUT2D eigenvalue weighted by molar-refractivity contribution is 5.80. The minimum atomic E-state index is -0.947. The van der Waals surface area contributed by atoms with Crippen molar-refractivity contribution in [3.63, 3.8) is 0 Å². The highest BCUT2D eigenvalue weighted by atomic mass is 16.7. The number of hydroxylamine groups is 1. The maximum absolute atomic E-state index is 11.3. The Balaban J connectivity index is 2.57. The summed E-state index contributed by atoms with van der Waals surface area (Å²) >= 11 is 0. The van der Waals surface area contributed by atoms with E-state index in [-0.39, 0.29) is 6.04 Å². The van der Waals surface area contributed by atoms with E-state index in [0.29, 0.717) is 0 Å². The molecule has 1 aliphatic rings. The number of azo groups is 1. The number of carbonyl (C=O) groups is 2. The zero-order valence-corrected chi connectivity index (χ0v) is 8.30. The van der Waals surface area contributed by atoms with Crippen molar-refractivity contribution < 1.29 is 14.4 Å². The first kappa shape index (κ1) is 11.1. The molecule has 1 heterocycles. The maximum atomic E-state index is 11.3. The molecule has 0 radical (unpaired) electrons. The third-order valence-corrected chi connectivity index (χ3v) is 1.92. The number of nitrogens with zero attached hydrogens (tertiary/aromatic N) is 3. The summed E-state index contributed by atoms with van der Waals surface area (Å²) in [6.07, 6.45) is 0. The second kappa shape index (κ2) is 4.50. The van der Waals surface area contributed by atoms with Crippen molar-refractivity contribution in [2.45, 2.75) is 25.9 Å². The zero-order chi connectivity index (χ0) is 11.4. The Kier molecular flexibility index (Phi) is 3.33. The van der Waals surface area contributed by atoms with E-state index in [4.69, 9.17) is 5.26 Å². The normalized spacial score (nSPS) is 28.2. The van der Waals surface area contributed by atoms with Gasteiger partial charge in [0.1, 0.15) is 5.92 Å². The molecule has 0 unspecified atom stereocenters. The number of rotatable bonds is 1. The van der Waals surface area contributed by atoms with Crippen LogP contribution in [-0.2, 0) is 14.4 Å². The van der Waals surface area contributed by atoms with Gasteiger partial charge in [-0.1, -0.05) is 0 Å². The van der Waals surface area contributed by atoms with Gasteiger partial charge in [0.2, 0.25) is 5.91 Å². The van der Waals surface area contributed by atoms with E-state index >= 15 is 0 Å². The molecule has 1 amide bonds. The topological polar surface area (TPSA) is 104 Å². The van der Waals surface area contributed by atoms with Gasteiger partial charge >= 0.3 is 5.97 Å². The smallest absolute Gasteiger partial charge is 0.338 e. The maximum Gasteiger partial charge on any atom is 0.359 e. The molecule has 1 rings (SSSR count). The van der Waals surface area contributed by atoms with Crippen LogP contribution in [0, 0.1) is 17.2 Å². The summed E-state index contributed by atoms with van der Waals surface area (Å²) in [7, 11) is 0. The van der Waals surface area contributed by atoms with E-state index in [9.17, 15) is 9.59 Å². The molecule has 3 atom stereocenters. The molecular weight excluding hydrogens is 200 g/mol. The van der Waals surface area contributed by atoms with E-state index in [1.165, 1.54) is 6.92 Å². The first-order chi connectivity index (χ1) is 7.06. The monoisotopic (exact) mass is 210 g/mol. The molecule has 0 saturated carbocycles. The summed E-state index contributed by atoms with van der Waals surface area (Å²) in [5, 5.41) is 16.1. The van der Waals surface area contributed by atoms with Gasteiger partial charge in [0.15, 0.2) is 6.04 Å². The van der Waals surface area contributed by atoms with Crippen LogP contribution in [0.25, 0.3) is 0 Å². The first-order valence-electron chi connectivity index (χ1n) is 4.33. The summed E-state index contributed by atoms with van der Waals surface area (Å²) in [6, 6.07) is 0.655. The second-order valence-corrected chi connectivity index (χ2v) is 3.15. The minimum absolute atomic E-state index is 0.329. The number of carbonyl (C=O) groups excluding carboxylic acids is 2. The SMILES string of the molecule is CC(=O)NOC(=O)[C@@H]1N=N[C@@H](C)[C@H]1C#N. The van der Waals surface area contributed by atoms with Gasteiger partial charge in [-0.25, -0.2) is 4.79 Å². The molecular formula is C8H10N4O3. The van der Waals surface area contributed by atoms with Gasteiger partial charge in [-0.2, -0.15) is 21.0 Å². The number of nitrogens with one attached hydrogen (secondary N) is 1. The fourth-order valence-electron chi connectivity index (χ4n) is 1.14. The van der Waals surface area contributed by atoms with E-state index in [1.54, 1.807) is 6.92 Å². The van der Waals surface area contributed by atoms with Crippen molar-refractivity contribution in [1.82, 2.24) is 5.48 Å². The lowest BCUT2D eigenvalue weighted by Crippen LogP contribution is -2.35. The summed E-state index contributed by atoms with van der Waals surface area (Å²) in [5.41, 5.74) is 1.88. The molecule has 0 saturated heterocycles. The number of hydrogen-bond donors (Lipinski definition) is 1. The van der Waals surface area contributed by atoms with Crippen LogP contribution in [0.4, 0.5) is 0 Å². The van der Waals surface area contributed by atoms with E-state index in [0.717, 1.165) is 0 Å². The van der Waals surface area contributed by atoms with Gasteiger partial charge in [-0.05, 0) is 6.92 Å². The molecule has 15 heavy (non-hydrogen) atoms. The van der Waals surface area contributed by atoms with Crippen LogP contribution in [0.3, 0.4) is 0 Å². The predicted octanol–water partition coefficient (Wildman–Crippen LogP) is -0.0566. The minimum Gasteiger partial charge on any atom is -0.338 e. The van der Waals surface area contributed by atoms with Gasteiger partial charge in [0, 0.05) is 6.92 Å². The van der Waals surface area contributed by atoms with E-state index in [1.807, 2.05) is 11.5 Å².